The Bertz CT molecular complexity index is 851. The van der Waals surface area contributed by atoms with Crippen LogP contribution in [0.1, 0.15) is 29.7 Å². The first-order valence-corrected chi connectivity index (χ1v) is 8.90. The first-order valence-electron chi connectivity index (χ1n) is 8.90. The predicted octanol–water partition coefficient (Wildman–Crippen LogP) is 1.88. The zero-order chi connectivity index (χ0) is 18.1. The minimum atomic E-state index is -0.343. The summed E-state index contributed by atoms with van der Waals surface area (Å²) in [6.45, 7) is 2.35. The first kappa shape index (κ1) is 16.7. The highest BCUT2D eigenvalue weighted by Crippen LogP contribution is 2.41. The third-order valence-corrected chi connectivity index (χ3v) is 5.20. The van der Waals surface area contributed by atoms with Gasteiger partial charge in [0.05, 0.1) is 23.9 Å². The van der Waals surface area contributed by atoms with Crippen LogP contribution in [-0.4, -0.2) is 48.7 Å². The maximum Gasteiger partial charge on any atom is 0.225 e. The molecule has 2 aliphatic rings. The molecule has 0 amide bonds. The number of hydrogen-bond donors (Lipinski definition) is 0. The number of aromatic nitrogens is 3. The lowest BCUT2D eigenvalue weighted by Gasteiger charge is -2.44. The molecule has 0 aromatic carbocycles. The van der Waals surface area contributed by atoms with Gasteiger partial charge >= 0.3 is 0 Å². The maximum absolute atomic E-state index is 9.10. The molecule has 7 nitrogen and oxygen atoms in total. The van der Waals surface area contributed by atoms with Crippen LogP contribution in [0.3, 0.4) is 0 Å². The van der Waals surface area contributed by atoms with Crippen LogP contribution in [0.4, 0.5) is 11.8 Å². The summed E-state index contributed by atoms with van der Waals surface area (Å²) >= 11 is 0. The van der Waals surface area contributed by atoms with E-state index in [1.807, 2.05) is 31.3 Å². The molecule has 1 saturated heterocycles. The van der Waals surface area contributed by atoms with E-state index >= 15 is 0 Å². The SMILES string of the molecule is CN(C)c1ncc2c(n1)C1(CCN(c3cc(C#N)ccn3)CC1)OCC2. The third-order valence-electron chi connectivity index (χ3n) is 5.20. The molecule has 2 aliphatic heterocycles. The summed E-state index contributed by atoms with van der Waals surface area (Å²) in [5.74, 6) is 1.58. The van der Waals surface area contributed by atoms with E-state index in [-0.39, 0.29) is 5.60 Å². The summed E-state index contributed by atoms with van der Waals surface area (Å²) < 4.78 is 6.29. The topological polar surface area (TPSA) is 78.2 Å². The summed E-state index contributed by atoms with van der Waals surface area (Å²) in [5, 5.41) is 9.10. The Morgan fingerprint density at radius 2 is 2.08 bits per heavy atom. The van der Waals surface area contributed by atoms with Crippen LogP contribution in [0.5, 0.6) is 0 Å². The second kappa shape index (κ2) is 6.54. The number of fused-ring (bicyclic) bond motifs is 2. The number of nitriles is 1. The van der Waals surface area contributed by atoms with E-state index in [4.69, 9.17) is 15.0 Å². The van der Waals surface area contributed by atoms with Gasteiger partial charge in [-0.3, -0.25) is 0 Å². The molecule has 1 fully saturated rings. The Kier molecular flexibility index (Phi) is 4.21. The number of rotatable bonds is 2. The van der Waals surface area contributed by atoms with Crippen LogP contribution < -0.4 is 9.80 Å². The van der Waals surface area contributed by atoms with Gasteiger partial charge in [0.25, 0.3) is 0 Å². The van der Waals surface area contributed by atoms with Crippen molar-refractivity contribution < 1.29 is 4.74 Å². The van der Waals surface area contributed by atoms with Crippen molar-refractivity contribution in [1.82, 2.24) is 15.0 Å². The van der Waals surface area contributed by atoms with E-state index in [9.17, 15) is 0 Å². The zero-order valence-electron chi connectivity index (χ0n) is 15.1. The van der Waals surface area contributed by atoms with Gasteiger partial charge in [0.15, 0.2) is 0 Å². The summed E-state index contributed by atoms with van der Waals surface area (Å²) in [6.07, 6.45) is 6.21. The van der Waals surface area contributed by atoms with Crippen LogP contribution in [0.25, 0.3) is 0 Å². The molecule has 134 valence electrons. The Morgan fingerprint density at radius 1 is 1.27 bits per heavy atom. The minimum Gasteiger partial charge on any atom is -0.368 e. The number of nitrogens with zero attached hydrogens (tertiary/aromatic N) is 6. The monoisotopic (exact) mass is 350 g/mol. The van der Waals surface area contributed by atoms with E-state index in [2.05, 4.69) is 20.9 Å². The molecule has 2 aromatic rings. The Morgan fingerprint density at radius 3 is 2.81 bits per heavy atom. The fourth-order valence-corrected chi connectivity index (χ4v) is 3.75. The molecule has 4 heterocycles. The van der Waals surface area contributed by atoms with Gasteiger partial charge in [0.1, 0.15) is 11.4 Å². The third kappa shape index (κ3) is 2.86. The van der Waals surface area contributed by atoms with Gasteiger partial charge in [-0.2, -0.15) is 5.26 Å². The standard InChI is InChI=1S/C19H22N6O/c1-24(2)18-22-13-15-4-10-26-19(17(15)23-18)5-8-25(9-6-19)16-11-14(12-20)3-7-21-16/h3,7,11,13H,4-6,8-10H2,1-2H3. The van der Waals surface area contributed by atoms with Gasteiger partial charge in [-0.05, 0) is 37.0 Å². The molecule has 1 spiro atoms. The molecule has 2 aromatic heterocycles. The van der Waals surface area contributed by atoms with Gasteiger partial charge in [-0.1, -0.05) is 0 Å². The summed E-state index contributed by atoms with van der Waals surface area (Å²) in [6, 6.07) is 5.76. The van der Waals surface area contributed by atoms with Crippen molar-refractivity contribution >= 4 is 11.8 Å². The smallest absolute Gasteiger partial charge is 0.225 e. The predicted molar refractivity (Wildman–Crippen MR) is 98.1 cm³/mol. The van der Waals surface area contributed by atoms with Crippen molar-refractivity contribution in [3.63, 3.8) is 0 Å². The molecule has 0 aliphatic carbocycles. The van der Waals surface area contributed by atoms with Gasteiger partial charge in [0, 0.05) is 39.6 Å². The van der Waals surface area contributed by atoms with Crippen LogP contribution in [0.15, 0.2) is 24.5 Å². The number of ether oxygens (including phenoxy) is 1. The van der Waals surface area contributed by atoms with Crippen molar-refractivity contribution in [1.29, 1.82) is 5.26 Å². The normalized spacial score (nSPS) is 18.3. The average Bonchev–Trinajstić information content (AvgIpc) is 2.68. The Balaban J connectivity index is 1.59. The lowest BCUT2D eigenvalue weighted by molar-refractivity contribution is -0.0801. The van der Waals surface area contributed by atoms with E-state index in [1.165, 1.54) is 5.56 Å². The van der Waals surface area contributed by atoms with Gasteiger partial charge in [-0.25, -0.2) is 15.0 Å². The van der Waals surface area contributed by atoms with Crippen molar-refractivity contribution in [3.8, 4) is 6.07 Å². The van der Waals surface area contributed by atoms with Crippen LogP contribution in [0, 0.1) is 11.3 Å². The lowest BCUT2D eigenvalue weighted by Crippen LogP contribution is -2.47. The van der Waals surface area contributed by atoms with Crippen molar-refractivity contribution in [2.24, 2.45) is 0 Å². The van der Waals surface area contributed by atoms with Crippen molar-refractivity contribution in [2.45, 2.75) is 24.9 Å². The highest BCUT2D eigenvalue weighted by Gasteiger charge is 2.43. The number of piperidine rings is 1. The van der Waals surface area contributed by atoms with Gasteiger partial charge < -0.3 is 14.5 Å². The van der Waals surface area contributed by atoms with Crippen LogP contribution in [0.2, 0.25) is 0 Å². The second-order valence-electron chi connectivity index (χ2n) is 7.03. The van der Waals surface area contributed by atoms with Gasteiger partial charge in [-0.15, -0.1) is 0 Å². The molecular formula is C19H22N6O. The van der Waals surface area contributed by atoms with Crippen LogP contribution >= 0.6 is 0 Å². The molecule has 0 unspecified atom stereocenters. The molecule has 0 saturated carbocycles. The number of pyridine rings is 1. The number of anilines is 2. The Labute approximate surface area is 153 Å². The highest BCUT2D eigenvalue weighted by atomic mass is 16.5. The minimum absolute atomic E-state index is 0.343. The van der Waals surface area contributed by atoms with Gasteiger partial charge in [0.2, 0.25) is 5.95 Å². The fourth-order valence-electron chi connectivity index (χ4n) is 3.75. The molecule has 26 heavy (non-hydrogen) atoms. The van der Waals surface area contributed by atoms with E-state index in [1.54, 1.807) is 12.3 Å². The average molecular weight is 350 g/mol. The fraction of sp³-hybridized carbons (Fsp3) is 0.474. The van der Waals surface area contributed by atoms with Crippen molar-refractivity contribution in [3.05, 3.63) is 41.3 Å². The summed E-state index contributed by atoms with van der Waals surface area (Å²) in [5.41, 5.74) is 2.53. The van der Waals surface area contributed by atoms with E-state index in [0.717, 1.165) is 49.8 Å². The molecule has 4 rings (SSSR count). The zero-order valence-corrected chi connectivity index (χ0v) is 15.1. The van der Waals surface area contributed by atoms with E-state index < -0.39 is 0 Å². The largest absolute Gasteiger partial charge is 0.368 e. The molecular weight excluding hydrogens is 328 g/mol. The maximum atomic E-state index is 9.10. The summed E-state index contributed by atoms with van der Waals surface area (Å²) in [7, 11) is 3.91. The molecule has 7 heteroatoms. The number of hydrogen-bond acceptors (Lipinski definition) is 7. The summed E-state index contributed by atoms with van der Waals surface area (Å²) in [4.78, 5) is 17.9. The highest BCUT2D eigenvalue weighted by molar-refractivity contribution is 5.46. The van der Waals surface area contributed by atoms with E-state index in [0.29, 0.717) is 12.2 Å². The quantitative estimate of drug-likeness (QED) is 0.818. The molecule has 0 N–H and O–H groups in total. The lowest BCUT2D eigenvalue weighted by atomic mass is 9.83. The second-order valence-corrected chi connectivity index (χ2v) is 7.03. The van der Waals surface area contributed by atoms with Crippen molar-refractivity contribution in [2.75, 3.05) is 43.6 Å². The molecule has 0 bridgehead atoms. The molecule has 0 atom stereocenters. The van der Waals surface area contributed by atoms with Crippen LogP contribution in [-0.2, 0) is 16.8 Å². The first-order chi connectivity index (χ1) is 12.6. The Hall–Kier alpha value is -2.72. The molecule has 0 radical (unpaired) electrons.